The number of hydrogen-bond donors (Lipinski definition) is 1. The average Bonchev–Trinajstić information content (AvgIpc) is 3.44. The molecule has 0 spiro atoms. The van der Waals surface area contributed by atoms with Crippen LogP contribution >= 0.6 is 23.4 Å². The summed E-state index contributed by atoms with van der Waals surface area (Å²) in [5.74, 6) is 0.742. The molecule has 0 saturated heterocycles. The molecule has 1 aromatic carbocycles. The van der Waals surface area contributed by atoms with Gasteiger partial charge in [-0.2, -0.15) is 5.26 Å². The number of halogens is 1. The molecular formula is C22H23ClN6O3S. The third kappa shape index (κ3) is 6.60. The standard InChI is InChI=1S/C22H23ClN6O3S/c1-15-12-16(5-6-18(15)23)28(10-3-9-24)21(31)14-33-22-27-26-20(8-7-19(25)30)29(22)13-17-4-2-11-32-17/h2,4-6,11-12H,3,7-8,10,13-14H2,1H3,(H2,25,30). The second kappa shape index (κ2) is 11.5. The summed E-state index contributed by atoms with van der Waals surface area (Å²) in [6.07, 6.45) is 2.23. The third-order valence-electron chi connectivity index (χ3n) is 4.81. The Bertz CT molecular complexity index is 1160. The van der Waals surface area contributed by atoms with Gasteiger partial charge in [-0.05, 0) is 42.8 Å². The fourth-order valence-corrected chi connectivity index (χ4v) is 4.07. The highest BCUT2D eigenvalue weighted by Gasteiger charge is 2.20. The van der Waals surface area contributed by atoms with E-state index in [2.05, 4.69) is 16.3 Å². The number of anilines is 1. The lowest BCUT2D eigenvalue weighted by atomic mass is 10.2. The molecule has 33 heavy (non-hydrogen) atoms. The molecule has 2 N–H and O–H groups in total. The predicted octanol–water partition coefficient (Wildman–Crippen LogP) is 3.34. The molecule has 0 fully saturated rings. The average molecular weight is 487 g/mol. The second-order valence-electron chi connectivity index (χ2n) is 7.21. The Kier molecular flexibility index (Phi) is 8.52. The Morgan fingerprint density at radius 3 is 2.82 bits per heavy atom. The first kappa shape index (κ1) is 24.4. The topological polar surface area (TPSA) is 131 Å². The molecule has 0 saturated carbocycles. The second-order valence-corrected chi connectivity index (χ2v) is 8.56. The zero-order valence-corrected chi connectivity index (χ0v) is 19.6. The highest BCUT2D eigenvalue weighted by Crippen LogP contribution is 2.25. The minimum Gasteiger partial charge on any atom is -0.467 e. The number of primary amides is 1. The van der Waals surface area contributed by atoms with Gasteiger partial charge < -0.3 is 15.1 Å². The summed E-state index contributed by atoms with van der Waals surface area (Å²) in [7, 11) is 0. The molecule has 11 heteroatoms. The molecule has 3 aromatic rings. The molecule has 0 atom stereocenters. The van der Waals surface area contributed by atoms with Crippen LogP contribution in [0.1, 0.15) is 30.0 Å². The number of hydrogen-bond acceptors (Lipinski definition) is 7. The molecule has 2 aromatic heterocycles. The smallest absolute Gasteiger partial charge is 0.237 e. The van der Waals surface area contributed by atoms with Gasteiger partial charge in [-0.15, -0.1) is 10.2 Å². The van der Waals surface area contributed by atoms with Crippen molar-refractivity contribution in [2.24, 2.45) is 5.73 Å². The molecule has 3 rings (SSSR count). The molecule has 0 aliphatic rings. The molecule has 2 amide bonds. The van der Waals surface area contributed by atoms with Crippen molar-refractivity contribution < 1.29 is 14.0 Å². The van der Waals surface area contributed by atoms with Crippen LogP contribution in [0, 0.1) is 18.3 Å². The quantitative estimate of drug-likeness (QED) is 0.411. The number of nitrogens with zero attached hydrogens (tertiary/aromatic N) is 5. The van der Waals surface area contributed by atoms with Crippen molar-refractivity contribution in [3.63, 3.8) is 0 Å². The monoisotopic (exact) mass is 486 g/mol. The maximum Gasteiger partial charge on any atom is 0.237 e. The fourth-order valence-electron chi connectivity index (χ4n) is 3.12. The van der Waals surface area contributed by atoms with Crippen LogP contribution < -0.4 is 10.6 Å². The van der Waals surface area contributed by atoms with Gasteiger partial charge in [0, 0.05) is 30.1 Å². The van der Waals surface area contributed by atoms with Crippen LogP contribution in [0.25, 0.3) is 0 Å². The Labute approximate surface area is 200 Å². The highest BCUT2D eigenvalue weighted by atomic mass is 35.5. The minimum absolute atomic E-state index is 0.0825. The molecule has 0 radical (unpaired) electrons. The highest BCUT2D eigenvalue weighted by molar-refractivity contribution is 7.99. The predicted molar refractivity (Wildman–Crippen MR) is 125 cm³/mol. The number of thioether (sulfide) groups is 1. The van der Waals surface area contributed by atoms with E-state index in [1.807, 2.05) is 23.6 Å². The molecule has 0 unspecified atom stereocenters. The number of furan rings is 1. The van der Waals surface area contributed by atoms with Crippen LogP contribution in [-0.2, 0) is 22.6 Å². The van der Waals surface area contributed by atoms with Crippen molar-refractivity contribution >= 4 is 40.9 Å². The minimum atomic E-state index is -0.432. The zero-order valence-electron chi connectivity index (χ0n) is 18.0. The third-order valence-corrected chi connectivity index (χ3v) is 6.18. The number of benzene rings is 1. The van der Waals surface area contributed by atoms with Gasteiger partial charge >= 0.3 is 0 Å². The number of nitriles is 1. The van der Waals surface area contributed by atoms with Crippen molar-refractivity contribution in [1.29, 1.82) is 5.26 Å². The Hall–Kier alpha value is -3.29. The molecular weight excluding hydrogens is 464 g/mol. The number of aromatic nitrogens is 3. The van der Waals surface area contributed by atoms with Gasteiger partial charge in [0.05, 0.1) is 31.1 Å². The van der Waals surface area contributed by atoms with Gasteiger partial charge in [0.2, 0.25) is 11.8 Å². The van der Waals surface area contributed by atoms with Crippen molar-refractivity contribution in [3.8, 4) is 6.07 Å². The largest absolute Gasteiger partial charge is 0.467 e. The Morgan fingerprint density at radius 2 is 2.15 bits per heavy atom. The summed E-state index contributed by atoms with van der Waals surface area (Å²) in [4.78, 5) is 25.9. The maximum atomic E-state index is 13.1. The van der Waals surface area contributed by atoms with Crippen LogP contribution in [0.4, 0.5) is 5.69 Å². The van der Waals surface area contributed by atoms with Crippen molar-refractivity contribution in [2.75, 3.05) is 17.2 Å². The normalized spacial score (nSPS) is 10.7. The first-order valence-electron chi connectivity index (χ1n) is 10.2. The van der Waals surface area contributed by atoms with Crippen LogP contribution in [0.3, 0.4) is 0 Å². The van der Waals surface area contributed by atoms with E-state index >= 15 is 0 Å². The van der Waals surface area contributed by atoms with Gasteiger partial charge in [-0.25, -0.2) is 0 Å². The van der Waals surface area contributed by atoms with E-state index in [0.717, 1.165) is 5.56 Å². The summed E-state index contributed by atoms with van der Waals surface area (Å²) in [5.41, 5.74) is 6.80. The summed E-state index contributed by atoms with van der Waals surface area (Å²) >= 11 is 7.35. The first-order chi connectivity index (χ1) is 15.9. The molecule has 9 nitrogen and oxygen atoms in total. The maximum absolute atomic E-state index is 13.1. The summed E-state index contributed by atoms with van der Waals surface area (Å²) in [6, 6.07) is 11.0. The van der Waals surface area contributed by atoms with Gasteiger partial charge in [0.25, 0.3) is 0 Å². The van der Waals surface area contributed by atoms with Gasteiger partial charge in [-0.3, -0.25) is 14.2 Å². The van der Waals surface area contributed by atoms with E-state index in [1.165, 1.54) is 11.8 Å². The van der Waals surface area contributed by atoms with E-state index < -0.39 is 5.91 Å². The van der Waals surface area contributed by atoms with Crippen LogP contribution in [-0.4, -0.2) is 38.9 Å². The zero-order chi connectivity index (χ0) is 23.8. The summed E-state index contributed by atoms with van der Waals surface area (Å²) < 4.78 is 7.25. The number of nitrogens with two attached hydrogens (primary N) is 1. The van der Waals surface area contributed by atoms with Gasteiger partial charge in [0.15, 0.2) is 5.16 Å². The number of carbonyl (C=O) groups excluding carboxylic acids is 2. The van der Waals surface area contributed by atoms with Crippen molar-refractivity contribution in [1.82, 2.24) is 14.8 Å². The van der Waals surface area contributed by atoms with E-state index in [-0.39, 0.29) is 31.0 Å². The lowest BCUT2D eigenvalue weighted by molar-refractivity contribution is -0.118. The lowest BCUT2D eigenvalue weighted by Gasteiger charge is -2.22. The molecule has 0 aliphatic carbocycles. The number of amides is 2. The van der Waals surface area contributed by atoms with Crippen LogP contribution in [0.2, 0.25) is 5.02 Å². The summed E-state index contributed by atoms with van der Waals surface area (Å²) in [6.45, 7) is 2.48. The number of aryl methyl sites for hydroxylation is 2. The fraction of sp³-hybridized carbons (Fsp3) is 0.318. The van der Waals surface area contributed by atoms with E-state index in [1.54, 1.807) is 29.4 Å². The first-order valence-corrected chi connectivity index (χ1v) is 11.5. The molecule has 172 valence electrons. The molecule has 0 bridgehead atoms. The molecule has 2 heterocycles. The Morgan fingerprint density at radius 1 is 1.33 bits per heavy atom. The van der Waals surface area contributed by atoms with Crippen LogP contribution in [0.15, 0.2) is 46.2 Å². The van der Waals surface area contributed by atoms with Crippen LogP contribution in [0.5, 0.6) is 0 Å². The van der Waals surface area contributed by atoms with Gasteiger partial charge in [-0.1, -0.05) is 23.4 Å². The SMILES string of the molecule is Cc1cc(N(CCC#N)C(=O)CSc2nnc(CCC(N)=O)n2Cc2ccco2)ccc1Cl. The van der Waals surface area contributed by atoms with Gasteiger partial charge in [0.1, 0.15) is 11.6 Å². The van der Waals surface area contributed by atoms with Crippen molar-refractivity contribution in [2.45, 2.75) is 37.9 Å². The number of carbonyl (C=O) groups is 2. The van der Waals surface area contributed by atoms with E-state index in [4.69, 9.17) is 27.0 Å². The Balaban J connectivity index is 1.78. The van der Waals surface area contributed by atoms with E-state index in [9.17, 15) is 9.59 Å². The molecule has 0 aliphatic heterocycles. The summed E-state index contributed by atoms with van der Waals surface area (Å²) in [5, 5.41) is 18.5. The van der Waals surface area contributed by atoms with E-state index in [0.29, 0.717) is 40.4 Å². The lowest BCUT2D eigenvalue weighted by Crippen LogP contribution is -2.33. The van der Waals surface area contributed by atoms with Crippen molar-refractivity contribution in [3.05, 3.63) is 58.8 Å². The number of rotatable bonds is 11.